The van der Waals surface area contributed by atoms with Gasteiger partial charge in [-0.1, -0.05) is 18.2 Å². The largest absolute Gasteiger partial charge is 0.497 e. The van der Waals surface area contributed by atoms with E-state index < -0.39 is 37.2 Å². The lowest BCUT2D eigenvalue weighted by Gasteiger charge is -2.33. The monoisotopic (exact) mass is 414 g/mol. The molecule has 0 bridgehead atoms. The van der Waals surface area contributed by atoms with Gasteiger partial charge >= 0.3 is 13.6 Å². The molecule has 8 heteroatoms. The second-order valence-electron chi connectivity index (χ2n) is 7.09. The van der Waals surface area contributed by atoms with E-state index in [9.17, 15) is 14.5 Å². The fourth-order valence-electron chi connectivity index (χ4n) is 2.24. The SMILES string of the molecule is COc1ccc(/C=C/C(O)(C(=O)OC(C)C)P(=O)(OC(C)C)OC(C)C)cc1. The van der Waals surface area contributed by atoms with Crippen LogP contribution in [-0.2, 0) is 23.1 Å². The standard InChI is InChI=1S/C20H31O7P/c1-14(2)25-19(21)20(22,28(23,26-15(3)4)27-16(5)6)13-12-17-8-10-18(24-7)11-9-17/h8-16,22H,1-7H3/b13-12+. The predicted molar refractivity (Wildman–Crippen MR) is 108 cm³/mol. The zero-order chi connectivity index (χ0) is 21.5. The lowest BCUT2D eigenvalue weighted by Crippen LogP contribution is -2.41. The third-order valence-corrected chi connectivity index (χ3v) is 5.95. The predicted octanol–water partition coefficient (Wildman–Crippen LogP) is 4.39. The second kappa shape index (κ2) is 10.2. The van der Waals surface area contributed by atoms with Crippen LogP contribution in [0.25, 0.3) is 6.08 Å². The van der Waals surface area contributed by atoms with Crippen molar-refractivity contribution in [3.8, 4) is 5.75 Å². The smallest absolute Gasteiger partial charge is 0.378 e. The maximum absolute atomic E-state index is 13.5. The minimum atomic E-state index is -4.35. The third-order valence-electron chi connectivity index (χ3n) is 3.38. The summed E-state index contributed by atoms with van der Waals surface area (Å²) < 4.78 is 34.7. The van der Waals surface area contributed by atoms with Gasteiger partial charge in [0.15, 0.2) is 0 Å². The number of methoxy groups -OCH3 is 1. The van der Waals surface area contributed by atoms with Crippen LogP contribution in [0.15, 0.2) is 30.3 Å². The molecule has 1 atom stereocenters. The summed E-state index contributed by atoms with van der Waals surface area (Å²) in [7, 11) is -2.80. The van der Waals surface area contributed by atoms with Crippen LogP contribution in [0.1, 0.15) is 47.1 Å². The van der Waals surface area contributed by atoms with Crippen molar-refractivity contribution in [1.82, 2.24) is 0 Å². The summed E-state index contributed by atoms with van der Waals surface area (Å²) >= 11 is 0. The normalized spacial score (nSPS) is 14.7. The molecule has 1 aromatic carbocycles. The van der Waals surface area contributed by atoms with Crippen LogP contribution in [0.2, 0.25) is 0 Å². The molecule has 1 aromatic rings. The minimum absolute atomic E-state index is 0.528. The lowest BCUT2D eigenvalue weighted by atomic mass is 10.2. The Bertz CT molecular complexity index is 696. The maximum Gasteiger partial charge on any atom is 0.378 e. The van der Waals surface area contributed by atoms with E-state index in [-0.39, 0.29) is 0 Å². The van der Waals surface area contributed by atoms with E-state index in [0.29, 0.717) is 11.3 Å². The van der Waals surface area contributed by atoms with Crippen LogP contribution < -0.4 is 4.74 Å². The van der Waals surface area contributed by atoms with Gasteiger partial charge in [-0.3, -0.25) is 4.57 Å². The molecule has 1 N–H and O–H groups in total. The summed E-state index contributed by atoms with van der Waals surface area (Å²) in [6.07, 6.45) is 0.918. The molecule has 1 unspecified atom stereocenters. The van der Waals surface area contributed by atoms with Gasteiger partial charge in [0.05, 0.1) is 25.4 Å². The number of ether oxygens (including phenoxy) is 2. The molecular formula is C20H31O7P. The zero-order valence-corrected chi connectivity index (χ0v) is 18.4. The summed E-state index contributed by atoms with van der Waals surface area (Å²) in [5.41, 5.74) is 0.650. The van der Waals surface area contributed by atoms with Crippen LogP contribution in [0.5, 0.6) is 5.75 Å². The number of carbonyl (C=O) groups excluding carboxylic acids is 1. The highest BCUT2D eigenvalue weighted by Gasteiger charge is 2.57. The number of aliphatic hydroxyl groups is 1. The summed E-state index contributed by atoms with van der Waals surface area (Å²) in [6.45, 7) is 9.80. The Balaban J connectivity index is 3.42. The average molecular weight is 414 g/mol. The Labute approximate surface area is 167 Å². The summed E-state index contributed by atoms with van der Waals surface area (Å²) in [5.74, 6) is -0.444. The first-order valence-corrected chi connectivity index (χ1v) is 10.7. The van der Waals surface area contributed by atoms with Crippen molar-refractivity contribution in [3.05, 3.63) is 35.9 Å². The molecule has 0 heterocycles. The van der Waals surface area contributed by atoms with Gasteiger partial charge in [-0.05, 0) is 65.3 Å². The van der Waals surface area contributed by atoms with Crippen LogP contribution in [0.4, 0.5) is 0 Å². The molecule has 7 nitrogen and oxygen atoms in total. The van der Waals surface area contributed by atoms with Gasteiger partial charge < -0.3 is 23.6 Å². The Morgan fingerprint density at radius 2 is 1.50 bits per heavy atom. The first kappa shape index (κ1) is 24.4. The summed E-state index contributed by atoms with van der Waals surface area (Å²) in [5, 5.41) is 8.60. The lowest BCUT2D eigenvalue weighted by molar-refractivity contribution is -0.159. The Hall–Kier alpha value is -1.66. The molecule has 0 saturated carbocycles. The number of rotatable bonds is 10. The summed E-state index contributed by atoms with van der Waals surface area (Å²) in [4.78, 5) is 12.7. The van der Waals surface area contributed by atoms with E-state index >= 15 is 0 Å². The molecule has 0 spiro atoms. The summed E-state index contributed by atoms with van der Waals surface area (Å²) in [6, 6.07) is 6.89. The first-order chi connectivity index (χ1) is 12.9. The molecule has 0 aromatic heterocycles. The third kappa shape index (κ3) is 6.45. The molecule has 0 aliphatic carbocycles. The van der Waals surface area contributed by atoms with Crippen molar-refractivity contribution in [2.45, 2.75) is 65.2 Å². The van der Waals surface area contributed by atoms with Gasteiger partial charge in [0.2, 0.25) is 0 Å². The molecule has 0 saturated heterocycles. The molecule has 0 amide bonds. The molecule has 0 fully saturated rings. The number of hydrogen-bond donors (Lipinski definition) is 1. The van der Waals surface area contributed by atoms with Crippen molar-refractivity contribution in [1.29, 1.82) is 0 Å². The Morgan fingerprint density at radius 3 is 1.89 bits per heavy atom. The molecule has 28 heavy (non-hydrogen) atoms. The average Bonchev–Trinajstić information content (AvgIpc) is 2.57. The van der Waals surface area contributed by atoms with Crippen molar-refractivity contribution < 1.29 is 33.0 Å². The number of hydrogen-bond acceptors (Lipinski definition) is 7. The fourth-order valence-corrected chi connectivity index (χ4v) is 4.25. The van der Waals surface area contributed by atoms with E-state index in [4.69, 9.17) is 18.5 Å². The van der Waals surface area contributed by atoms with Gasteiger partial charge in [-0.25, -0.2) is 4.79 Å². The zero-order valence-electron chi connectivity index (χ0n) is 17.5. The Morgan fingerprint density at radius 1 is 1.00 bits per heavy atom. The van der Waals surface area contributed by atoms with Crippen molar-refractivity contribution in [2.24, 2.45) is 0 Å². The number of carbonyl (C=O) groups is 1. The maximum atomic E-state index is 13.5. The highest BCUT2D eigenvalue weighted by atomic mass is 31.2. The van der Waals surface area contributed by atoms with E-state index in [2.05, 4.69) is 0 Å². The highest BCUT2D eigenvalue weighted by molar-refractivity contribution is 7.56. The molecule has 1 rings (SSSR count). The molecular weight excluding hydrogens is 383 g/mol. The van der Waals surface area contributed by atoms with E-state index in [1.807, 2.05) is 0 Å². The van der Waals surface area contributed by atoms with Crippen molar-refractivity contribution >= 4 is 19.6 Å². The Kier molecular flexibility index (Phi) is 8.89. The molecule has 0 aliphatic heterocycles. The van der Waals surface area contributed by atoms with Gasteiger partial charge in [0, 0.05) is 0 Å². The van der Waals surface area contributed by atoms with Crippen LogP contribution in [-0.4, -0.2) is 41.8 Å². The fraction of sp³-hybridized carbons (Fsp3) is 0.550. The van der Waals surface area contributed by atoms with E-state index in [0.717, 1.165) is 6.08 Å². The quantitative estimate of drug-likeness (QED) is 0.448. The van der Waals surface area contributed by atoms with Crippen LogP contribution >= 0.6 is 7.60 Å². The van der Waals surface area contributed by atoms with Gasteiger partial charge in [-0.2, -0.15) is 0 Å². The first-order valence-electron chi connectivity index (χ1n) is 9.17. The number of benzene rings is 1. The molecule has 0 radical (unpaired) electrons. The highest BCUT2D eigenvalue weighted by Crippen LogP contribution is 2.61. The van der Waals surface area contributed by atoms with E-state index in [1.165, 1.54) is 6.08 Å². The molecule has 0 aliphatic rings. The van der Waals surface area contributed by atoms with Crippen LogP contribution in [0, 0.1) is 0 Å². The van der Waals surface area contributed by atoms with Gasteiger partial charge in [-0.15, -0.1) is 0 Å². The number of esters is 1. The van der Waals surface area contributed by atoms with E-state index in [1.54, 1.807) is 72.9 Å². The van der Waals surface area contributed by atoms with Gasteiger partial charge in [0.1, 0.15) is 5.75 Å². The molecule has 158 valence electrons. The van der Waals surface area contributed by atoms with Crippen molar-refractivity contribution in [3.63, 3.8) is 0 Å². The minimum Gasteiger partial charge on any atom is -0.497 e. The van der Waals surface area contributed by atoms with Crippen LogP contribution in [0.3, 0.4) is 0 Å². The van der Waals surface area contributed by atoms with Gasteiger partial charge in [0.25, 0.3) is 5.34 Å². The topological polar surface area (TPSA) is 91.3 Å². The van der Waals surface area contributed by atoms with Crippen molar-refractivity contribution in [2.75, 3.05) is 7.11 Å². The second-order valence-corrected chi connectivity index (χ2v) is 9.19.